The molecule has 1 aromatic heterocycles. The number of aromatic nitrogens is 2. The van der Waals surface area contributed by atoms with Crippen LogP contribution in [-0.2, 0) is 4.74 Å². The summed E-state index contributed by atoms with van der Waals surface area (Å²) < 4.78 is 6.72. The number of hydrogen-bond donors (Lipinski definition) is 1. The fraction of sp³-hybridized carbons (Fsp3) is 0.250. The van der Waals surface area contributed by atoms with Gasteiger partial charge in [0, 0.05) is 16.5 Å². The highest BCUT2D eigenvalue weighted by molar-refractivity contribution is 6.00. The summed E-state index contributed by atoms with van der Waals surface area (Å²) >= 11 is 0. The number of fused-ring (bicyclic) bond motifs is 1. The molecule has 3 rings (SSSR count). The Bertz CT molecular complexity index is 1010. The van der Waals surface area contributed by atoms with E-state index < -0.39 is 17.6 Å². The van der Waals surface area contributed by atoms with E-state index in [0.29, 0.717) is 22.3 Å². The number of primary amides is 1. The number of carbonyl (C=O) groups is 2. The zero-order chi connectivity index (χ0) is 19.1. The number of nitrogens with two attached hydrogens (primary N) is 1. The van der Waals surface area contributed by atoms with E-state index in [2.05, 4.69) is 5.10 Å². The molecule has 0 unspecified atom stereocenters. The molecule has 2 N–H and O–H groups in total. The Hall–Kier alpha value is -3.15. The second kappa shape index (κ2) is 6.29. The second-order valence-electron chi connectivity index (χ2n) is 7.21. The summed E-state index contributed by atoms with van der Waals surface area (Å²) in [5.74, 6) is -0.515. The van der Waals surface area contributed by atoms with Crippen molar-refractivity contribution in [2.24, 2.45) is 5.73 Å². The van der Waals surface area contributed by atoms with Crippen molar-refractivity contribution in [3.8, 4) is 11.3 Å². The number of carbonyl (C=O) groups excluding carboxylic acids is 2. The van der Waals surface area contributed by atoms with Crippen molar-refractivity contribution in [2.45, 2.75) is 33.3 Å². The van der Waals surface area contributed by atoms with Crippen molar-refractivity contribution in [3.63, 3.8) is 0 Å². The summed E-state index contributed by atoms with van der Waals surface area (Å²) in [4.78, 5) is 24.1. The second-order valence-corrected chi connectivity index (χ2v) is 7.21. The molecule has 0 saturated carbocycles. The van der Waals surface area contributed by atoms with Gasteiger partial charge in [0.25, 0.3) is 0 Å². The number of ether oxygens (including phenoxy) is 1. The molecule has 1 heterocycles. The molecule has 0 radical (unpaired) electrons. The van der Waals surface area contributed by atoms with Gasteiger partial charge in [0.1, 0.15) is 11.3 Å². The Morgan fingerprint density at radius 2 is 1.85 bits per heavy atom. The van der Waals surface area contributed by atoms with Crippen molar-refractivity contribution in [1.82, 2.24) is 9.78 Å². The number of aryl methyl sites for hydroxylation is 1. The van der Waals surface area contributed by atoms with Gasteiger partial charge in [-0.05, 0) is 52.0 Å². The van der Waals surface area contributed by atoms with E-state index in [1.165, 1.54) is 4.68 Å². The third kappa shape index (κ3) is 3.44. The van der Waals surface area contributed by atoms with Crippen LogP contribution in [0.5, 0.6) is 0 Å². The zero-order valence-corrected chi connectivity index (χ0v) is 15.2. The minimum Gasteiger partial charge on any atom is -0.442 e. The first-order valence-corrected chi connectivity index (χ1v) is 8.29. The third-order valence-corrected chi connectivity index (χ3v) is 3.82. The van der Waals surface area contributed by atoms with Crippen LogP contribution in [0.1, 0.15) is 36.7 Å². The van der Waals surface area contributed by atoms with Crippen LogP contribution in [-0.4, -0.2) is 27.4 Å². The van der Waals surface area contributed by atoms with Crippen LogP contribution < -0.4 is 5.73 Å². The molecule has 1 amide bonds. The van der Waals surface area contributed by atoms with Gasteiger partial charge < -0.3 is 10.5 Å². The summed E-state index contributed by atoms with van der Waals surface area (Å²) in [5.41, 5.74) is 8.11. The smallest absolute Gasteiger partial charge is 0.435 e. The van der Waals surface area contributed by atoms with Crippen LogP contribution in [0.2, 0.25) is 0 Å². The SMILES string of the molecule is Cc1ccc2c(c1)c(-c1cccc(C(N)=O)c1)nn2C(=O)OC(C)(C)C. The predicted octanol–water partition coefficient (Wildman–Crippen LogP) is 3.89. The van der Waals surface area contributed by atoms with Crippen molar-refractivity contribution in [2.75, 3.05) is 0 Å². The average Bonchev–Trinajstić information content (AvgIpc) is 2.92. The van der Waals surface area contributed by atoms with Crippen molar-refractivity contribution >= 4 is 22.9 Å². The standard InChI is InChI=1S/C20H21N3O3/c1-12-8-9-16-15(10-12)17(13-6-5-7-14(11-13)18(21)24)22-23(16)19(25)26-20(2,3)4/h5-11H,1-4H3,(H2,21,24). The molecule has 134 valence electrons. The molecule has 6 heteroatoms. The van der Waals surface area contributed by atoms with Crippen LogP contribution >= 0.6 is 0 Å². The lowest BCUT2D eigenvalue weighted by Gasteiger charge is -2.19. The van der Waals surface area contributed by atoms with Gasteiger partial charge in [-0.25, -0.2) is 4.79 Å². The van der Waals surface area contributed by atoms with Gasteiger partial charge >= 0.3 is 6.09 Å². The van der Waals surface area contributed by atoms with Gasteiger partial charge in [0.2, 0.25) is 5.91 Å². The molecule has 0 aliphatic rings. The van der Waals surface area contributed by atoms with Gasteiger partial charge in [-0.3, -0.25) is 4.79 Å². The lowest BCUT2D eigenvalue weighted by atomic mass is 10.0. The first kappa shape index (κ1) is 17.7. The van der Waals surface area contributed by atoms with E-state index in [1.807, 2.05) is 31.2 Å². The summed E-state index contributed by atoms with van der Waals surface area (Å²) in [6.45, 7) is 7.38. The number of nitrogens with zero attached hydrogens (tertiary/aromatic N) is 2. The van der Waals surface area contributed by atoms with E-state index >= 15 is 0 Å². The average molecular weight is 351 g/mol. The summed E-state index contributed by atoms with van der Waals surface area (Å²) in [6.07, 6.45) is -0.552. The van der Waals surface area contributed by atoms with Gasteiger partial charge in [-0.1, -0.05) is 23.8 Å². The minimum atomic E-state index is -0.633. The van der Waals surface area contributed by atoms with Crippen LogP contribution in [0.3, 0.4) is 0 Å². The molecule has 0 spiro atoms. The topological polar surface area (TPSA) is 87.2 Å². The minimum absolute atomic E-state index is 0.384. The van der Waals surface area contributed by atoms with E-state index in [9.17, 15) is 9.59 Å². The number of benzene rings is 2. The van der Waals surface area contributed by atoms with Gasteiger partial charge in [0.15, 0.2) is 0 Å². The molecular weight excluding hydrogens is 330 g/mol. The Balaban J connectivity index is 2.20. The molecule has 3 aromatic rings. The van der Waals surface area contributed by atoms with Crippen molar-refractivity contribution in [3.05, 3.63) is 53.6 Å². The molecule has 0 aliphatic carbocycles. The monoisotopic (exact) mass is 351 g/mol. The summed E-state index contributed by atoms with van der Waals surface area (Å²) in [7, 11) is 0. The van der Waals surface area contributed by atoms with Gasteiger partial charge in [0.05, 0.1) is 5.52 Å². The van der Waals surface area contributed by atoms with Gasteiger partial charge in [-0.2, -0.15) is 9.78 Å². The zero-order valence-electron chi connectivity index (χ0n) is 15.2. The Morgan fingerprint density at radius 3 is 2.50 bits per heavy atom. The van der Waals surface area contributed by atoms with Crippen molar-refractivity contribution in [1.29, 1.82) is 0 Å². The Labute approximate surface area is 151 Å². The quantitative estimate of drug-likeness (QED) is 0.758. The fourth-order valence-corrected chi connectivity index (χ4v) is 2.71. The van der Waals surface area contributed by atoms with Crippen molar-refractivity contribution < 1.29 is 14.3 Å². The Kier molecular flexibility index (Phi) is 4.28. The number of amides is 1. The first-order valence-electron chi connectivity index (χ1n) is 8.29. The van der Waals surface area contributed by atoms with E-state index in [-0.39, 0.29) is 0 Å². The van der Waals surface area contributed by atoms with Crippen LogP contribution in [0.25, 0.3) is 22.2 Å². The number of rotatable bonds is 2. The molecule has 0 fully saturated rings. The molecule has 0 aliphatic heterocycles. The Morgan fingerprint density at radius 1 is 1.12 bits per heavy atom. The maximum absolute atomic E-state index is 12.6. The lowest BCUT2D eigenvalue weighted by Crippen LogP contribution is -2.27. The molecule has 0 atom stereocenters. The first-order chi connectivity index (χ1) is 12.2. The molecule has 26 heavy (non-hydrogen) atoms. The molecule has 0 bridgehead atoms. The summed E-state index contributed by atoms with van der Waals surface area (Å²) in [6, 6.07) is 12.6. The maximum Gasteiger partial charge on any atom is 0.435 e. The lowest BCUT2D eigenvalue weighted by molar-refractivity contribution is 0.0523. The molecule has 6 nitrogen and oxygen atoms in total. The van der Waals surface area contributed by atoms with E-state index in [0.717, 1.165) is 10.9 Å². The van der Waals surface area contributed by atoms with Crippen LogP contribution in [0.4, 0.5) is 4.79 Å². The summed E-state index contributed by atoms with van der Waals surface area (Å²) in [5, 5.41) is 5.28. The third-order valence-electron chi connectivity index (χ3n) is 3.82. The largest absolute Gasteiger partial charge is 0.442 e. The molecule has 2 aromatic carbocycles. The number of hydrogen-bond acceptors (Lipinski definition) is 4. The highest BCUT2D eigenvalue weighted by Crippen LogP contribution is 2.30. The highest BCUT2D eigenvalue weighted by Gasteiger charge is 2.23. The van der Waals surface area contributed by atoms with Crippen LogP contribution in [0.15, 0.2) is 42.5 Å². The predicted molar refractivity (Wildman–Crippen MR) is 100 cm³/mol. The highest BCUT2D eigenvalue weighted by atomic mass is 16.6. The van der Waals surface area contributed by atoms with Crippen LogP contribution in [0, 0.1) is 6.92 Å². The maximum atomic E-state index is 12.6. The van der Waals surface area contributed by atoms with E-state index in [4.69, 9.17) is 10.5 Å². The molecular formula is C20H21N3O3. The van der Waals surface area contributed by atoms with Gasteiger partial charge in [-0.15, -0.1) is 0 Å². The molecule has 0 saturated heterocycles. The fourth-order valence-electron chi connectivity index (χ4n) is 2.71. The van der Waals surface area contributed by atoms with E-state index in [1.54, 1.807) is 39.0 Å². The normalized spacial score (nSPS) is 11.5.